The molecule has 1 heterocycles. The molecule has 0 radical (unpaired) electrons. The van der Waals surface area contributed by atoms with Crippen molar-refractivity contribution in [2.24, 2.45) is 17.3 Å². The molecule has 0 aliphatic carbocycles. The van der Waals surface area contributed by atoms with Gasteiger partial charge < -0.3 is 15.5 Å². The van der Waals surface area contributed by atoms with Gasteiger partial charge in [-0.3, -0.25) is 14.4 Å². The van der Waals surface area contributed by atoms with Crippen LogP contribution < -0.4 is 10.6 Å². The molecule has 1 unspecified atom stereocenters. The van der Waals surface area contributed by atoms with E-state index in [9.17, 15) is 27.6 Å². The Balaban J connectivity index is 0. The number of carbonyl (C=O) groups excluding carboxylic acids is 3. The molecule has 178 valence electrons. The second-order valence-electron chi connectivity index (χ2n) is 8.57. The van der Waals surface area contributed by atoms with Crippen LogP contribution in [0.2, 0.25) is 0 Å². The summed E-state index contributed by atoms with van der Waals surface area (Å²) < 4.78 is 35.8. The van der Waals surface area contributed by atoms with Crippen molar-refractivity contribution in [2.45, 2.75) is 60.2 Å². The molecule has 0 aromatic carbocycles. The van der Waals surface area contributed by atoms with Gasteiger partial charge >= 0.3 is 12.1 Å². The van der Waals surface area contributed by atoms with Crippen molar-refractivity contribution in [3.63, 3.8) is 0 Å². The maximum absolute atomic E-state index is 11.9. The van der Waals surface area contributed by atoms with Crippen molar-refractivity contribution < 1.29 is 27.6 Å². The monoisotopic (exact) mass is 448 g/mol. The van der Waals surface area contributed by atoms with Gasteiger partial charge in [0, 0.05) is 13.1 Å². The fourth-order valence-electron chi connectivity index (χ4n) is 2.25. The minimum atomic E-state index is -4.95. The summed E-state index contributed by atoms with van der Waals surface area (Å²) >= 11 is 0. The van der Waals surface area contributed by atoms with Gasteiger partial charge in [0.1, 0.15) is 6.04 Å². The van der Waals surface area contributed by atoms with Crippen LogP contribution in [0.25, 0.3) is 0 Å². The smallest absolute Gasteiger partial charge is 0.343 e. The van der Waals surface area contributed by atoms with Gasteiger partial charge in [-0.2, -0.15) is 18.4 Å². The summed E-state index contributed by atoms with van der Waals surface area (Å²) in [5.41, 5.74) is -0.0519. The topological polar surface area (TPSA) is 102 Å². The number of hydrogen-bond donors (Lipinski definition) is 2. The third kappa shape index (κ3) is 14.1. The second kappa shape index (κ2) is 14.4. The Labute approximate surface area is 183 Å². The Kier molecular flexibility index (Phi) is 14.3. The number of carbonyl (C=O) groups is 3. The van der Waals surface area contributed by atoms with Gasteiger partial charge in [0.15, 0.2) is 0 Å². The van der Waals surface area contributed by atoms with Crippen molar-refractivity contribution >= 4 is 18.2 Å². The van der Waals surface area contributed by atoms with Crippen LogP contribution in [0, 0.1) is 28.6 Å². The highest BCUT2D eigenvalue weighted by Gasteiger charge is 2.41. The van der Waals surface area contributed by atoms with Crippen molar-refractivity contribution in [1.29, 1.82) is 5.26 Å². The maximum atomic E-state index is 11.9. The lowest BCUT2D eigenvalue weighted by molar-refractivity contribution is -0.174. The summed E-state index contributed by atoms with van der Waals surface area (Å²) in [6, 6.07) is 1.47. The molecule has 10 heteroatoms. The summed E-state index contributed by atoms with van der Waals surface area (Å²) in [6.45, 7) is 16.3. The molecule has 3 amide bonds. The summed E-state index contributed by atoms with van der Waals surface area (Å²) in [5.74, 6) is -1.45. The van der Waals surface area contributed by atoms with Crippen LogP contribution >= 0.6 is 0 Å². The maximum Gasteiger partial charge on any atom is 0.471 e. The lowest BCUT2D eigenvalue weighted by Gasteiger charge is -2.22. The van der Waals surface area contributed by atoms with E-state index in [4.69, 9.17) is 5.26 Å². The standard InChI is InChI=1S/C11H17F3N2O2.C6H8N2O.C4H10/c1-7-5-16(6-10(7,2)3)8(17)4-15-9(18)11(12,13)14;1-2-3-6(4-7)8-5-9;1-4(2)3/h7H,4-6H2,1-3H3,(H,15,18);2,5-6H,1,3H2,(H,8,9);4H,1-3H3/t7-;;/m0../s1. The molecule has 0 aromatic rings. The van der Waals surface area contributed by atoms with E-state index in [0.717, 1.165) is 5.92 Å². The van der Waals surface area contributed by atoms with Crippen LogP contribution in [0.4, 0.5) is 13.2 Å². The van der Waals surface area contributed by atoms with Crippen LogP contribution in [-0.4, -0.2) is 55.0 Å². The Morgan fingerprint density at radius 2 is 1.84 bits per heavy atom. The van der Waals surface area contributed by atoms with Gasteiger partial charge in [-0.15, -0.1) is 6.58 Å². The molecule has 0 saturated carbocycles. The van der Waals surface area contributed by atoms with E-state index in [1.165, 1.54) is 4.90 Å². The van der Waals surface area contributed by atoms with Gasteiger partial charge in [0.05, 0.1) is 12.6 Å². The quantitative estimate of drug-likeness (QED) is 0.482. The molecule has 0 bridgehead atoms. The predicted molar refractivity (Wildman–Crippen MR) is 113 cm³/mol. The predicted octanol–water partition coefficient (Wildman–Crippen LogP) is 3.03. The molecular weight excluding hydrogens is 413 g/mol. The summed E-state index contributed by atoms with van der Waals surface area (Å²) in [4.78, 5) is 33.5. The van der Waals surface area contributed by atoms with Crippen LogP contribution in [0.15, 0.2) is 12.7 Å². The molecule has 2 N–H and O–H groups in total. The molecular formula is C21H35F3N4O3. The number of nitriles is 1. The number of rotatable bonds is 6. The van der Waals surface area contributed by atoms with Crippen LogP contribution in [-0.2, 0) is 14.4 Å². The summed E-state index contributed by atoms with van der Waals surface area (Å²) in [6.07, 6.45) is -2.35. The van der Waals surface area contributed by atoms with E-state index in [2.05, 4.69) is 32.7 Å². The summed E-state index contributed by atoms with van der Waals surface area (Å²) in [5, 5.41) is 12.2. The number of hydrogen-bond acceptors (Lipinski definition) is 4. The zero-order valence-corrected chi connectivity index (χ0v) is 19.2. The molecule has 0 aromatic heterocycles. The number of nitrogens with zero attached hydrogens (tertiary/aromatic N) is 2. The van der Waals surface area contributed by atoms with Crippen molar-refractivity contribution in [2.75, 3.05) is 19.6 Å². The number of halogens is 3. The van der Waals surface area contributed by atoms with Crippen LogP contribution in [0.3, 0.4) is 0 Å². The fourth-order valence-corrected chi connectivity index (χ4v) is 2.25. The number of amides is 3. The number of nitrogens with one attached hydrogen (secondary N) is 2. The van der Waals surface area contributed by atoms with Crippen molar-refractivity contribution in [3.05, 3.63) is 12.7 Å². The van der Waals surface area contributed by atoms with Gasteiger partial charge in [-0.25, -0.2) is 0 Å². The fraction of sp³-hybridized carbons (Fsp3) is 0.714. The third-order valence-corrected chi connectivity index (χ3v) is 4.26. The molecule has 7 nitrogen and oxygen atoms in total. The minimum absolute atomic E-state index is 0.0519. The van der Waals surface area contributed by atoms with E-state index < -0.39 is 30.6 Å². The first kappa shape index (κ1) is 30.6. The second-order valence-corrected chi connectivity index (χ2v) is 8.57. The zero-order chi connectivity index (χ0) is 24.8. The number of likely N-dealkylation sites (tertiary alicyclic amines) is 1. The lowest BCUT2D eigenvalue weighted by atomic mass is 9.84. The molecule has 1 fully saturated rings. The molecule has 1 rings (SSSR count). The largest absolute Gasteiger partial charge is 0.471 e. The van der Waals surface area contributed by atoms with Crippen molar-refractivity contribution in [3.8, 4) is 6.07 Å². The van der Waals surface area contributed by atoms with Gasteiger partial charge in [-0.05, 0) is 23.7 Å². The highest BCUT2D eigenvalue weighted by atomic mass is 19.4. The molecule has 2 atom stereocenters. The summed E-state index contributed by atoms with van der Waals surface area (Å²) in [7, 11) is 0. The lowest BCUT2D eigenvalue weighted by Crippen LogP contribution is -2.44. The Hall–Kier alpha value is -2.57. The average molecular weight is 449 g/mol. The third-order valence-electron chi connectivity index (χ3n) is 4.26. The van der Waals surface area contributed by atoms with Gasteiger partial charge in [0.2, 0.25) is 12.3 Å². The van der Waals surface area contributed by atoms with E-state index >= 15 is 0 Å². The van der Waals surface area contributed by atoms with Crippen molar-refractivity contribution in [1.82, 2.24) is 15.5 Å². The molecule has 1 saturated heterocycles. The van der Waals surface area contributed by atoms with Gasteiger partial charge in [-0.1, -0.05) is 47.6 Å². The van der Waals surface area contributed by atoms with Gasteiger partial charge in [0.25, 0.3) is 0 Å². The van der Waals surface area contributed by atoms with E-state index in [1.54, 1.807) is 11.4 Å². The van der Waals surface area contributed by atoms with Crippen LogP contribution in [0.1, 0.15) is 48.0 Å². The average Bonchev–Trinajstić information content (AvgIpc) is 2.91. The molecule has 31 heavy (non-hydrogen) atoms. The first-order valence-corrected chi connectivity index (χ1v) is 9.95. The highest BCUT2D eigenvalue weighted by Crippen LogP contribution is 2.34. The SMILES string of the molecule is C=CCC(C#N)NC=O.CC(C)C.C[C@H]1CN(C(=O)CNC(=O)C(F)(F)F)CC1(C)C. The minimum Gasteiger partial charge on any atom is -0.343 e. The Bertz CT molecular complexity index is 616. The molecule has 0 spiro atoms. The first-order chi connectivity index (χ1) is 14.1. The normalized spacial score (nSPS) is 17.7. The highest BCUT2D eigenvalue weighted by molar-refractivity contribution is 5.87. The van der Waals surface area contributed by atoms with E-state index in [-0.39, 0.29) is 11.3 Å². The van der Waals surface area contributed by atoms with E-state index in [0.29, 0.717) is 25.9 Å². The van der Waals surface area contributed by atoms with E-state index in [1.807, 2.05) is 26.8 Å². The molecule has 1 aliphatic heterocycles. The Morgan fingerprint density at radius 3 is 2.16 bits per heavy atom. The number of alkyl halides is 3. The zero-order valence-electron chi connectivity index (χ0n) is 19.2. The Morgan fingerprint density at radius 1 is 1.32 bits per heavy atom. The van der Waals surface area contributed by atoms with Crippen LogP contribution in [0.5, 0.6) is 0 Å². The molecule has 1 aliphatic rings. The first-order valence-electron chi connectivity index (χ1n) is 9.95.